The summed E-state index contributed by atoms with van der Waals surface area (Å²) in [7, 11) is 0. The second kappa shape index (κ2) is 6.08. The summed E-state index contributed by atoms with van der Waals surface area (Å²) in [6.07, 6.45) is 0. The van der Waals surface area contributed by atoms with E-state index in [9.17, 15) is 4.79 Å². The SMILES string of the molecule is Cc1nc(CSc2cccc(Cl)c2)[nH]c(=O)c1I. The third kappa shape index (κ3) is 3.49. The van der Waals surface area contributed by atoms with Gasteiger partial charge in [0.25, 0.3) is 5.56 Å². The number of thioether (sulfide) groups is 1. The third-order valence-corrected chi connectivity index (χ3v) is 4.76. The van der Waals surface area contributed by atoms with E-state index in [0.29, 0.717) is 20.2 Å². The minimum Gasteiger partial charge on any atom is -0.309 e. The van der Waals surface area contributed by atoms with Gasteiger partial charge in [0.15, 0.2) is 0 Å². The van der Waals surface area contributed by atoms with Gasteiger partial charge in [0.1, 0.15) is 5.82 Å². The van der Waals surface area contributed by atoms with E-state index in [1.807, 2.05) is 53.8 Å². The number of aromatic amines is 1. The quantitative estimate of drug-likeness (QED) is 0.641. The molecule has 1 heterocycles. The van der Waals surface area contributed by atoms with Gasteiger partial charge in [-0.25, -0.2) is 4.98 Å². The van der Waals surface area contributed by atoms with Crippen LogP contribution in [0.25, 0.3) is 0 Å². The minimum atomic E-state index is -0.0789. The average Bonchev–Trinajstić information content (AvgIpc) is 2.33. The van der Waals surface area contributed by atoms with Crippen LogP contribution in [0.15, 0.2) is 34.0 Å². The zero-order valence-electron chi connectivity index (χ0n) is 9.54. The first-order valence-corrected chi connectivity index (χ1v) is 7.64. The van der Waals surface area contributed by atoms with Gasteiger partial charge in [-0.15, -0.1) is 11.8 Å². The molecule has 18 heavy (non-hydrogen) atoms. The van der Waals surface area contributed by atoms with Gasteiger partial charge in [-0.3, -0.25) is 4.79 Å². The van der Waals surface area contributed by atoms with Crippen molar-refractivity contribution in [1.29, 1.82) is 0 Å². The minimum absolute atomic E-state index is 0.0789. The van der Waals surface area contributed by atoms with Gasteiger partial charge in [0.2, 0.25) is 0 Å². The van der Waals surface area contributed by atoms with Crippen LogP contribution in [0.5, 0.6) is 0 Å². The molecule has 1 aromatic carbocycles. The van der Waals surface area contributed by atoms with Gasteiger partial charge in [-0.2, -0.15) is 0 Å². The zero-order chi connectivity index (χ0) is 13.1. The van der Waals surface area contributed by atoms with Crippen molar-refractivity contribution >= 4 is 46.0 Å². The normalized spacial score (nSPS) is 10.6. The Morgan fingerprint density at radius 2 is 2.28 bits per heavy atom. The Balaban J connectivity index is 2.14. The molecule has 0 radical (unpaired) electrons. The summed E-state index contributed by atoms with van der Waals surface area (Å²) in [4.78, 5) is 19.8. The second-order valence-electron chi connectivity index (χ2n) is 3.66. The maximum Gasteiger partial charge on any atom is 0.264 e. The molecule has 0 fully saturated rings. The van der Waals surface area contributed by atoms with E-state index in [0.717, 1.165) is 10.6 Å². The number of halogens is 2. The van der Waals surface area contributed by atoms with Crippen LogP contribution in [0.1, 0.15) is 11.5 Å². The van der Waals surface area contributed by atoms with Crippen LogP contribution in [0.3, 0.4) is 0 Å². The lowest BCUT2D eigenvalue weighted by Gasteiger charge is -2.04. The van der Waals surface area contributed by atoms with Crippen LogP contribution < -0.4 is 5.56 Å². The van der Waals surface area contributed by atoms with Gasteiger partial charge in [0.05, 0.1) is 15.0 Å². The van der Waals surface area contributed by atoms with Crippen LogP contribution in [0.4, 0.5) is 0 Å². The standard InChI is InChI=1S/C12H10ClIN2OS/c1-7-11(14)12(17)16-10(15-7)6-18-9-4-2-3-8(13)5-9/h2-5H,6H2,1H3,(H,15,16,17). The molecule has 0 spiro atoms. The monoisotopic (exact) mass is 392 g/mol. The van der Waals surface area contributed by atoms with Crippen molar-refractivity contribution in [2.75, 3.05) is 0 Å². The molecular weight excluding hydrogens is 383 g/mol. The summed E-state index contributed by atoms with van der Waals surface area (Å²) in [6, 6.07) is 7.61. The Kier molecular flexibility index (Phi) is 4.69. The van der Waals surface area contributed by atoms with Gasteiger partial charge in [-0.05, 0) is 47.7 Å². The fraction of sp³-hybridized carbons (Fsp3) is 0.167. The smallest absolute Gasteiger partial charge is 0.264 e. The molecule has 3 nitrogen and oxygen atoms in total. The Morgan fingerprint density at radius 3 is 2.94 bits per heavy atom. The number of hydrogen-bond acceptors (Lipinski definition) is 3. The third-order valence-electron chi connectivity index (χ3n) is 2.25. The number of rotatable bonds is 3. The lowest BCUT2D eigenvalue weighted by atomic mass is 10.4. The van der Waals surface area contributed by atoms with Crippen molar-refractivity contribution in [3.63, 3.8) is 0 Å². The van der Waals surface area contributed by atoms with E-state index < -0.39 is 0 Å². The molecule has 0 aliphatic rings. The molecule has 0 saturated carbocycles. The fourth-order valence-corrected chi connectivity index (χ4v) is 2.74. The van der Waals surface area contributed by atoms with Gasteiger partial charge >= 0.3 is 0 Å². The first-order chi connectivity index (χ1) is 8.56. The number of aromatic nitrogens is 2. The van der Waals surface area contributed by atoms with Crippen LogP contribution in [-0.2, 0) is 5.75 Å². The van der Waals surface area contributed by atoms with Crippen molar-refractivity contribution in [2.24, 2.45) is 0 Å². The lowest BCUT2D eigenvalue weighted by Crippen LogP contribution is -2.16. The van der Waals surface area contributed by atoms with E-state index in [-0.39, 0.29) is 5.56 Å². The Hall–Kier alpha value is -0.530. The number of nitrogens with zero attached hydrogens (tertiary/aromatic N) is 1. The number of nitrogens with one attached hydrogen (secondary N) is 1. The van der Waals surface area contributed by atoms with E-state index >= 15 is 0 Å². The molecule has 0 aliphatic carbocycles. The molecule has 1 aromatic heterocycles. The molecule has 0 unspecified atom stereocenters. The van der Waals surface area contributed by atoms with E-state index in [4.69, 9.17) is 11.6 Å². The van der Waals surface area contributed by atoms with Crippen molar-refractivity contribution in [3.8, 4) is 0 Å². The highest BCUT2D eigenvalue weighted by Crippen LogP contribution is 2.23. The van der Waals surface area contributed by atoms with Crippen molar-refractivity contribution in [3.05, 3.63) is 54.7 Å². The summed E-state index contributed by atoms with van der Waals surface area (Å²) in [6.45, 7) is 1.84. The maximum absolute atomic E-state index is 11.6. The average molecular weight is 393 g/mol. The van der Waals surface area contributed by atoms with Crippen LogP contribution in [-0.4, -0.2) is 9.97 Å². The molecule has 2 rings (SSSR count). The van der Waals surface area contributed by atoms with Gasteiger partial charge in [0, 0.05) is 9.92 Å². The molecule has 6 heteroatoms. The van der Waals surface area contributed by atoms with Crippen molar-refractivity contribution in [2.45, 2.75) is 17.6 Å². The molecule has 0 amide bonds. The van der Waals surface area contributed by atoms with E-state index in [2.05, 4.69) is 9.97 Å². The Labute approximate surface area is 128 Å². The first-order valence-electron chi connectivity index (χ1n) is 5.20. The zero-order valence-corrected chi connectivity index (χ0v) is 13.3. The van der Waals surface area contributed by atoms with Crippen molar-refractivity contribution in [1.82, 2.24) is 9.97 Å². The number of hydrogen-bond donors (Lipinski definition) is 1. The topological polar surface area (TPSA) is 45.8 Å². The van der Waals surface area contributed by atoms with E-state index in [1.165, 1.54) is 0 Å². The fourth-order valence-electron chi connectivity index (χ4n) is 1.41. The molecule has 0 saturated heterocycles. The maximum atomic E-state index is 11.6. The van der Waals surface area contributed by atoms with Gasteiger partial charge in [-0.1, -0.05) is 17.7 Å². The van der Waals surface area contributed by atoms with Gasteiger partial charge < -0.3 is 4.98 Å². The summed E-state index contributed by atoms with van der Waals surface area (Å²) in [5.41, 5.74) is 0.686. The summed E-state index contributed by atoms with van der Waals surface area (Å²) < 4.78 is 0.643. The Morgan fingerprint density at radius 1 is 1.50 bits per heavy atom. The highest BCUT2D eigenvalue weighted by molar-refractivity contribution is 14.1. The summed E-state index contributed by atoms with van der Waals surface area (Å²) in [5.74, 6) is 1.30. The molecule has 0 atom stereocenters. The molecule has 0 bridgehead atoms. The molecule has 94 valence electrons. The predicted octanol–water partition coefficient (Wildman–Crippen LogP) is 3.63. The molecule has 2 aromatic rings. The lowest BCUT2D eigenvalue weighted by molar-refractivity contribution is 0.953. The van der Waals surface area contributed by atoms with Crippen LogP contribution in [0, 0.1) is 10.5 Å². The number of benzene rings is 1. The summed E-state index contributed by atoms with van der Waals surface area (Å²) in [5, 5.41) is 0.709. The highest BCUT2D eigenvalue weighted by atomic mass is 127. The van der Waals surface area contributed by atoms with Crippen LogP contribution in [0.2, 0.25) is 5.02 Å². The Bertz CT molecular complexity index is 630. The van der Waals surface area contributed by atoms with Crippen molar-refractivity contribution < 1.29 is 0 Å². The predicted molar refractivity (Wildman–Crippen MR) is 83.3 cm³/mol. The molecule has 1 N–H and O–H groups in total. The second-order valence-corrected chi connectivity index (χ2v) is 6.22. The number of H-pyrrole nitrogens is 1. The highest BCUT2D eigenvalue weighted by Gasteiger charge is 2.05. The molecular formula is C12H10ClIN2OS. The first kappa shape index (κ1) is 13.9. The number of aryl methyl sites for hydroxylation is 1. The van der Waals surface area contributed by atoms with E-state index in [1.54, 1.807) is 11.8 Å². The van der Waals surface area contributed by atoms with Crippen LogP contribution >= 0.6 is 46.0 Å². The molecule has 0 aliphatic heterocycles. The summed E-state index contributed by atoms with van der Waals surface area (Å²) >= 11 is 9.50. The largest absolute Gasteiger partial charge is 0.309 e.